The van der Waals surface area contributed by atoms with Crippen molar-refractivity contribution >= 4 is 11.9 Å². The summed E-state index contributed by atoms with van der Waals surface area (Å²) in [6.07, 6.45) is 0. The summed E-state index contributed by atoms with van der Waals surface area (Å²) in [5.74, 6) is -1.43. The first-order chi connectivity index (χ1) is 8.40. The highest BCUT2D eigenvalue weighted by Crippen LogP contribution is 2.22. The number of amides is 1. The van der Waals surface area contributed by atoms with Crippen molar-refractivity contribution in [2.45, 2.75) is 25.9 Å². The second kappa shape index (κ2) is 6.15. The molecule has 1 rings (SSSR count). The van der Waals surface area contributed by atoms with Gasteiger partial charge in [-0.1, -0.05) is 6.92 Å². The number of hydrogen-bond acceptors (Lipinski definition) is 4. The van der Waals surface area contributed by atoms with E-state index in [9.17, 15) is 9.59 Å². The molecule has 3 atom stereocenters. The van der Waals surface area contributed by atoms with Crippen molar-refractivity contribution in [3.05, 3.63) is 0 Å². The second-order valence-corrected chi connectivity index (χ2v) is 4.79. The standard InChI is InChI=1S/C12H22N2O4/c1-5-14(8(2)11(15)13(3)4)10-7-18-6-9(10)12(16)17/h8-10H,5-7H2,1-4H3,(H,16,17). The molecule has 1 aliphatic heterocycles. The van der Waals surface area contributed by atoms with Gasteiger partial charge < -0.3 is 14.7 Å². The summed E-state index contributed by atoms with van der Waals surface area (Å²) in [6, 6.07) is -0.565. The lowest BCUT2D eigenvalue weighted by Gasteiger charge is -2.34. The number of ether oxygens (including phenoxy) is 1. The first-order valence-corrected chi connectivity index (χ1v) is 6.17. The minimum atomic E-state index is -0.861. The number of hydrogen-bond donors (Lipinski definition) is 1. The van der Waals surface area contributed by atoms with Gasteiger partial charge in [0, 0.05) is 20.1 Å². The van der Waals surface area contributed by atoms with Crippen LogP contribution in [0.4, 0.5) is 0 Å². The van der Waals surface area contributed by atoms with E-state index in [2.05, 4.69) is 0 Å². The quantitative estimate of drug-likeness (QED) is 0.745. The molecule has 0 aromatic carbocycles. The largest absolute Gasteiger partial charge is 0.481 e. The maximum absolute atomic E-state index is 12.0. The molecule has 1 N–H and O–H groups in total. The van der Waals surface area contributed by atoms with Crippen LogP contribution in [-0.4, -0.2) is 72.7 Å². The van der Waals surface area contributed by atoms with Crippen molar-refractivity contribution in [3.63, 3.8) is 0 Å². The minimum absolute atomic E-state index is 0.0205. The topological polar surface area (TPSA) is 70.1 Å². The molecule has 0 radical (unpaired) electrons. The molecule has 6 nitrogen and oxygen atoms in total. The Morgan fingerprint density at radius 1 is 1.39 bits per heavy atom. The summed E-state index contributed by atoms with van der Waals surface area (Å²) in [4.78, 5) is 26.6. The third-order valence-electron chi connectivity index (χ3n) is 3.45. The molecule has 1 fully saturated rings. The van der Waals surface area contributed by atoms with Gasteiger partial charge in [-0.15, -0.1) is 0 Å². The van der Waals surface area contributed by atoms with E-state index in [1.54, 1.807) is 14.1 Å². The predicted octanol–water partition coefficient (Wildman–Crippen LogP) is -0.115. The summed E-state index contributed by atoms with van der Waals surface area (Å²) in [7, 11) is 3.40. The van der Waals surface area contributed by atoms with E-state index in [0.29, 0.717) is 13.2 Å². The van der Waals surface area contributed by atoms with Gasteiger partial charge in [0.2, 0.25) is 5.91 Å². The van der Waals surface area contributed by atoms with E-state index >= 15 is 0 Å². The number of carbonyl (C=O) groups excluding carboxylic acids is 1. The maximum atomic E-state index is 12.0. The van der Waals surface area contributed by atoms with Crippen LogP contribution in [0.5, 0.6) is 0 Å². The lowest BCUT2D eigenvalue weighted by molar-refractivity contribution is -0.145. The van der Waals surface area contributed by atoms with Crippen molar-refractivity contribution in [3.8, 4) is 0 Å². The first kappa shape index (κ1) is 14.9. The van der Waals surface area contributed by atoms with Gasteiger partial charge in [0.1, 0.15) is 0 Å². The average Bonchev–Trinajstić information content (AvgIpc) is 2.77. The Labute approximate surface area is 107 Å². The molecule has 1 aliphatic rings. The number of carboxylic acids is 1. The molecule has 1 amide bonds. The molecule has 3 unspecified atom stereocenters. The van der Waals surface area contributed by atoms with Crippen LogP contribution in [0.1, 0.15) is 13.8 Å². The minimum Gasteiger partial charge on any atom is -0.481 e. The molecule has 0 saturated carbocycles. The third-order valence-corrected chi connectivity index (χ3v) is 3.45. The number of nitrogens with zero attached hydrogens (tertiary/aromatic N) is 2. The molecule has 104 valence electrons. The van der Waals surface area contributed by atoms with Gasteiger partial charge in [0.15, 0.2) is 0 Å². The lowest BCUT2D eigenvalue weighted by atomic mass is 10.0. The van der Waals surface area contributed by atoms with Gasteiger partial charge in [0.25, 0.3) is 0 Å². The predicted molar refractivity (Wildman–Crippen MR) is 66.3 cm³/mol. The van der Waals surface area contributed by atoms with Crippen molar-refractivity contribution in [1.82, 2.24) is 9.80 Å². The normalized spacial score (nSPS) is 25.2. The molecule has 0 spiro atoms. The Morgan fingerprint density at radius 2 is 2.00 bits per heavy atom. The van der Waals surface area contributed by atoms with Crippen LogP contribution in [0, 0.1) is 5.92 Å². The first-order valence-electron chi connectivity index (χ1n) is 6.17. The monoisotopic (exact) mass is 258 g/mol. The molecule has 18 heavy (non-hydrogen) atoms. The number of carbonyl (C=O) groups is 2. The smallest absolute Gasteiger partial charge is 0.310 e. The number of rotatable bonds is 5. The van der Waals surface area contributed by atoms with Gasteiger partial charge in [-0.2, -0.15) is 0 Å². The summed E-state index contributed by atoms with van der Waals surface area (Å²) in [6.45, 7) is 4.95. The summed E-state index contributed by atoms with van der Waals surface area (Å²) >= 11 is 0. The Balaban J connectivity index is 2.82. The maximum Gasteiger partial charge on any atom is 0.310 e. The van der Waals surface area contributed by atoms with Crippen LogP contribution in [-0.2, 0) is 14.3 Å². The van der Waals surface area contributed by atoms with Crippen molar-refractivity contribution in [1.29, 1.82) is 0 Å². The highest BCUT2D eigenvalue weighted by atomic mass is 16.5. The average molecular weight is 258 g/mol. The molecule has 0 aromatic rings. The highest BCUT2D eigenvalue weighted by Gasteiger charge is 2.40. The molecule has 6 heteroatoms. The fraction of sp³-hybridized carbons (Fsp3) is 0.833. The summed E-state index contributed by atoms with van der Waals surface area (Å²) in [5.41, 5.74) is 0. The van der Waals surface area contributed by atoms with Gasteiger partial charge in [0.05, 0.1) is 25.2 Å². The Bertz CT molecular complexity index is 319. The van der Waals surface area contributed by atoms with Gasteiger partial charge in [-0.25, -0.2) is 0 Å². The van der Waals surface area contributed by atoms with E-state index in [1.807, 2.05) is 18.7 Å². The molecular weight excluding hydrogens is 236 g/mol. The zero-order chi connectivity index (χ0) is 13.9. The number of aliphatic carboxylic acids is 1. The zero-order valence-electron chi connectivity index (χ0n) is 11.4. The fourth-order valence-electron chi connectivity index (χ4n) is 2.42. The van der Waals surface area contributed by atoms with Gasteiger partial charge >= 0.3 is 5.97 Å². The van der Waals surface area contributed by atoms with Crippen molar-refractivity contribution in [2.75, 3.05) is 33.9 Å². The molecule has 1 saturated heterocycles. The summed E-state index contributed by atoms with van der Waals surface area (Å²) in [5, 5.41) is 9.16. The Morgan fingerprint density at radius 3 is 2.44 bits per heavy atom. The summed E-state index contributed by atoms with van der Waals surface area (Å²) < 4.78 is 5.26. The SMILES string of the molecule is CCN(C(C)C(=O)N(C)C)C1COCC1C(=O)O. The van der Waals surface area contributed by atoms with E-state index in [4.69, 9.17) is 9.84 Å². The lowest BCUT2D eigenvalue weighted by Crippen LogP contribution is -2.52. The number of carboxylic acid groups (broad SMARTS) is 1. The Kier molecular flexibility index (Phi) is 5.10. The van der Waals surface area contributed by atoms with Crippen LogP contribution in [0.15, 0.2) is 0 Å². The molecule has 0 aliphatic carbocycles. The second-order valence-electron chi connectivity index (χ2n) is 4.79. The van der Waals surface area contributed by atoms with Crippen LogP contribution >= 0.6 is 0 Å². The van der Waals surface area contributed by atoms with E-state index in [0.717, 1.165) is 0 Å². The molecule has 0 aromatic heterocycles. The zero-order valence-corrected chi connectivity index (χ0v) is 11.4. The fourth-order valence-corrected chi connectivity index (χ4v) is 2.42. The molecular formula is C12H22N2O4. The van der Waals surface area contributed by atoms with Crippen LogP contribution in [0.3, 0.4) is 0 Å². The van der Waals surface area contributed by atoms with Gasteiger partial charge in [-0.05, 0) is 13.5 Å². The third kappa shape index (κ3) is 3.00. The van der Waals surface area contributed by atoms with E-state index < -0.39 is 11.9 Å². The van der Waals surface area contributed by atoms with Crippen molar-refractivity contribution < 1.29 is 19.4 Å². The molecule has 1 heterocycles. The molecule has 0 bridgehead atoms. The van der Waals surface area contributed by atoms with E-state index in [-0.39, 0.29) is 24.6 Å². The van der Waals surface area contributed by atoms with Crippen LogP contribution in [0.2, 0.25) is 0 Å². The van der Waals surface area contributed by atoms with Crippen LogP contribution < -0.4 is 0 Å². The highest BCUT2D eigenvalue weighted by molar-refractivity contribution is 5.81. The number of likely N-dealkylation sites (N-methyl/N-ethyl adjacent to an activating group) is 2. The van der Waals surface area contributed by atoms with Gasteiger partial charge in [-0.3, -0.25) is 14.5 Å². The van der Waals surface area contributed by atoms with Crippen molar-refractivity contribution in [2.24, 2.45) is 5.92 Å². The Hall–Kier alpha value is -1.14. The van der Waals surface area contributed by atoms with Crippen LogP contribution in [0.25, 0.3) is 0 Å². The van der Waals surface area contributed by atoms with E-state index in [1.165, 1.54) is 4.90 Å².